The molecule has 6 atom stereocenters. The van der Waals surface area contributed by atoms with Crippen molar-refractivity contribution in [3.05, 3.63) is 101 Å². The van der Waals surface area contributed by atoms with Crippen molar-refractivity contribution in [1.29, 1.82) is 0 Å². The van der Waals surface area contributed by atoms with Crippen molar-refractivity contribution in [1.82, 2.24) is 4.90 Å². The van der Waals surface area contributed by atoms with Crippen LogP contribution >= 0.6 is 0 Å². The number of fused-ring (bicyclic) bond motifs is 3. The molecule has 67 heavy (non-hydrogen) atoms. The van der Waals surface area contributed by atoms with Crippen molar-refractivity contribution in [2.45, 2.75) is 154 Å². The topological polar surface area (TPSA) is 129 Å². The summed E-state index contributed by atoms with van der Waals surface area (Å²) < 4.78 is 32.9. The van der Waals surface area contributed by atoms with Gasteiger partial charge in [0.2, 0.25) is 18.5 Å². The molecule has 4 aliphatic rings. The van der Waals surface area contributed by atoms with Gasteiger partial charge < -0.3 is 43.6 Å². The van der Waals surface area contributed by atoms with E-state index in [-0.39, 0.29) is 56.8 Å². The average Bonchev–Trinajstić information content (AvgIpc) is 3.80. The summed E-state index contributed by atoms with van der Waals surface area (Å²) in [6.45, 7) is 11.4. The summed E-state index contributed by atoms with van der Waals surface area (Å²) in [5.74, 6) is 1.76. The molecule has 3 aromatic rings. The molecule has 2 N–H and O–H groups in total. The predicted molar refractivity (Wildman–Crippen MR) is 263 cm³/mol. The van der Waals surface area contributed by atoms with Gasteiger partial charge in [-0.25, -0.2) is 0 Å². The fourth-order valence-electron chi connectivity index (χ4n) is 11.1. The number of oxime groups is 1. The first-order valence-electron chi connectivity index (χ1n) is 25.3. The maximum absolute atomic E-state index is 15.2. The highest BCUT2D eigenvalue weighted by Crippen LogP contribution is 2.62. The van der Waals surface area contributed by atoms with Crippen LogP contribution in [-0.4, -0.2) is 72.3 Å². The number of hydrogen-bond donors (Lipinski definition) is 2. The first kappa shape index (κ1) is 50.0. The second-order valence-electron chi connectivity index (χ2n) is 19.1. The molecular weight excluding hydrogens is 845 g/mol. The van der Waals surface area contributed by atoms with Gasteiger partial charge in [0.05, 0.1) is 18.2 Å². The van der Waals surface area contributed by atoms with Crippen molar-refractivity contribution < 1.29 is 43.5 Å². The Hall–Kier alpha value is -4.84. The number of carbonyl (C=O) groups is 1. The average molecular weight is 921 g/mol. The zero-order chi connectivity index (χ0) is 47.2. The second-order valence-corrected chi connectivity index (χ2v) is 19.1. The summed E-state index contributed by atoms with van der Waals surface area (Å²) in [6.07, 6.45) is 20.0. The van der Waals surface area contributed by atoms with Crippen LogP contribution in [0, 0.1) is 31.6 Å². The molecule has 7 rings (SSSR count). The number of aryl methyl sites for hydroxylation is 2. The molecule has 0 aromatic heterocycles. The maximum Gasteiger partial charge on any atom is 0.239 e. The Balaban J connectivity index is 1.35. The lowest BCUT2D eigenvalue weighted by Gasteiger charge is -2.60. The second kappa shape index (κ2) is 24.4. The largest absolute Gasteiger partial charge is 0.459 e. The minimum atomic E-state index is -1.36. The lowest BCUT2D eigenvalue weighted by Crippen LogP contribution is -2.70. The van der Waals surface area contributed by atoms with Crippen LogP contribution in [0.5, 0.6) is 28.7 Å². The highest BCUT2D eigenvalue weighted by Gasteiger charge is 2.65. The lowest BCUT2D eigenvalue weighted by molar-refractivity contribution is -0.258. The Kier molecular flexibility index (Phi) is 18.3. The van der Waals surface area contributed by atoms with Crippen LogP contribution in [0.15, 0.2) is 84.1 Å². The molecule has 3 aromatic carbocycles. The van der Waals surface area contributed by atoms with Crippen molar-refractivity contribution in [2.75, 3.05) is 33.7 Å². The normalized spacial score (nSPS) is 22.9. The van der Waals surface area contributed by atoms with Gasteiger partial charge in [0.15, 0.2) is 11.5 Å². The summed E-state index contributed by atoms with van der Waals surface area (Å²) in [7, 11) is 1.58. The number of rotatable bonds is 27. The van der Waals surface area contributed by atoms with Crippen molar-refractivity contribution in [3.8, 4) is 28.7 Å². The smallest absolute Gasteiger partial charge is 0.239 e. The van der Waals surface area contributed by atoms with Gasteiger partial charge in [-0.05, 0) is 123 Å². The van der Waals surface area contributed by atoms with Crippen LogP contribution in [0.2, 0.25) is 0 Å². The molecule has 11 nitrogen and oxygen atoms in total. The summed E-state index contributed by atoms with van der Waals surface area (Å²) in [5, 5.41) is 24.8. The molecule has 2 heterocycles. The standard InChI is InChI=1S/C56H76N2O9/c1-6-8-9-10-11-12-13-14-15-22-53(61)58(37-41-24-27-50-51(33-41)64-38-63-50)52-36-48(57-62-5)46-34-42(20-16-18-29-59)45(21-17-19-30-60)54-47-35-44(66-43-25-23-39(3)40(4)32-43)26-28-49(47)67-56(52,55(46)54)65-31-7-2/h7,23-28,32-35,42,45,52,54-55,59-60H,2,6,8-22,29-31,36-38H2,1,3-5H3/t42-,45+,52-,54+,55+,56+/m0/s1. The van der Waals surface area contributed by atoms with E-state index in [2.05, 4.69) is 51.6 Å². The summed E-state index contributed by atoms with van der Waals surface area (Å²) >= 11 is 0. The third kappa shape index (κ3) is 11.9. The number of ether oxygens (including phenoxy) is 5. The summed E-state index contributed by atoms with van der Waals surface area (Å²) in [6, 6.07) is 17.5. The third-order valence-corrected chi connectivity index (χ3v) is 14.5. The van der Waals surface area contributed by atoms with Gasteiger partial charge in [-0.1, -0.05) is 101 Å². The molecule has 0 spiro atoms. The first-order valence-corrected chi connectivity index (χ1v) is 25.3. The predicted octanol–water partition coefficient (Wildman–Crippen LogP) is 12.0. The van der Waals surface area contributed by atoms with E-state index in [0.717, 1.165) is 78.7 Å². The van der Waals surface area contributed by atoms with Crippen molar-refractivity contribution in [3.63, 3.8) is 0 Å². The number of allylic oxidation sites excluding steroid dienone is 1. The minimum absolute atomic E-state index is 0.0247. The number of unbranched alkanes of at least 4 members (excludes halogenated alkanes) is 10. The number of amides is 1. The van der Waals surface area contributed by atoms with Gasteiger partial charge >= 0.3 is 0 Å². The Labute approximate surface area is 399 Å². The van der Waals surface area contributed by atoms with Crippen molar-refractivity contribution >= 4 is 11.6 Å². The quantitative estimate of drug-likeness (QED) is 0.0436. The zero-order valence-electron chi connectivity index (χ0n) is 40.6. The Morgan fingerprint density at radius 2 is 1.54 bits per heavy atom. The van der Waals surface area contributed by atoms with Gasteiger partial charge in [-0.3, -0.25) is 4.79 Å². The molecule has 364 valence electrons. The summed E-state index contributed by atoms with van der Waals surface area (Å²) in [5.41, 5.74) is 6.03. The number of hydrogen-bond acceptors (Lipinski definition) is 10. The molecule has 2 aliphatic carbocycles. The lowest BCUT2D eigenvalue weighted by atomic mass is 9.55. The third-order valence-electron chi connectivity index (χ3n) is 14.5. The van der Waals surface area contributed by atoms with E-state index >= 15 is 4.79 Å². The number of aliphatic hydroxyl groups is 2. The fraction of sp³-hybridized carbons (Fsp3) is 0.571. The van der Waals surface area contributed by atoms with Gasteiger partial charge in [-0.2, -0.15) is 0 Å². The zero-order valence-corrected chi connectivity index (χ0v) is 40.6. The molecule has 1 saturated carbocycles. The van der Waals surface area contributed by atoms with Crippen LogP contribution in [-0.2, 0) is 20.9 Å². The van der Waals surface area contributed by atoms with Gasteiger partial charge in [0.1, 0.15) is 30.4 Å². The minimum Gasteiger partial charge on any atom is -0.459 e. The highest BCUT2D eigenvalue weighted by molar-refractivity contribution is 6.03. The fourth-order valence-corrected chi connectivity index (χ4v) is 11.1. The van der Waals surface area contributed by atoms with Crippen LogP contribution in [0.1, 0.15) is 144 Å². The van der Waals surface area contributed by atoms with E-state index in [1.807, 2.05) is 41.3 Å². The van der Waals surface area contributed by atoms with E-state index in [0.29, 0.717) is 48.7 Å². The molecule has 2 aliphatic heterocycles. The monoisotopic (exact) mass is 921 g/mol. The first-order chi connectivity index (χ1) is 32.7. The molecule has 0 unspecified atom stereocenters. The van der Waals surface area contributed by atoms with Crippen LogP contribution in [0.4, 0.5) is 0 Å². The number of aliphatic hydroxyl groups excluding tert-OH is 2. The molecule has 11 heteroatoms. The molecule has 0 saturated heterocycles. The molecule has 1 fully saturated rings. The molecular formula is C56H76N2O9. The van der Waals surface area contributed by atoms with Crippen LogP contribution < -0.4 is 18.9 Å². The van der Waals surface area contributed by atoms with E-state index < -0.39 is 17.7 Å². The Bertz CT molecular complexity index is 2170. The summed E-state index contributed by atoms with van der Waals surface area (Å²) in [4.78, 5) is 22.9. The van der Waals surface area contributed by atoms with E-state index in [1.54, 1.807) is 13.2 Å². The maximum atomic E-state index is 15.2. The SMILES string of the molecule is C=CCO[C@@]12Oc3ccc(Oc4ccc(C)c(C)c4)cc3[C@H]3[C@H](CCCCO)[C@@H](CCCCO)C=C(C(=NOC)C[C@@H]1N(Cc1ccc4c(c1)OCO4)C(=O)CCCCCCCCCCC)[C@H]32. The van der Waals surface area contributed by atoms with E-state index in [9.17, 15) is 10.2 Å². The molecule has 0 bridgehead atoms. The number of nitrogens with zero attached hydrogens (tertiary/aromatic N) is 2. The Morgan fingerprint density at radius 3 is 2.27 bits per heavy atom. The van der Waals surface area contributed by atoms with Crippen molar-refractivity contribution in [2.24, 2.45) is 22.9 Å². The molecule has 0 radical (unpaired) electrons. The van der Waals surface area contributed by atoms with Gasteiger partial charge in [0, 0.05) is 44.1 Å². The van der Waals surface area contributed by atoms with Gasteiger partial charge in [-0.15, -0.1) is 6.58 Å². The van der Waals surface area contributed by atoms with E-state index in [1.165, 1.54) is 44.1 Å². The van der Waals surface area contributed by atoms with E-state index in [4.69, 9.17) is 33.7 Å². The number of benzene rings is 3. The molecule has 1 amide bonds. The highest BCUT2D eigenvalue weighted by atomic mass is 16.7. The van der Waals surface area contributed by atoms with Crippen LogP contribution in [0.25, 0.3) is 0 Å². The van der Waals surface area contributed by atoms with Crippen LogP contribution in [0.3, 0.4) is 0 Å². The Morgan fingerprint density at radius 1 is 0.836 bits per heavy atom. The number of carbonyl (C=O) groups excluding carboxylic acids is 1. The van der Waals surface area contributed by atoms with Gasteiger partial charge in [0.25, 0.3) is 0 Å².